The molecule has 46 valence electrons. The lowest BCUT2D eigenvalue weighted by atomic mass is 10.2. The number of nitrogens with one attached hydrogen (secondary N) is 1. The van der Waals surface area contributed by atoms with Crippen LogP contribution in [0.5, 0.6) is 0 Å². The second-order valence-electron chi connectivity index (χ2n) is 1.76. The lowest BCUT2D eigenvalue weighted by molar-refractivity contribution is 1.01. The Morgan fingerprint density at radius 2 is 2.67 bits per heavy atom. The summed E-state index contributed by atoms with van der Waals surface area (Å²) in [5, 5.41) is 14.6. The topological polar surface area (TPSA) is 52.5 Å². The number of aromatic amines is 1. The van der Waals surface area contributed by atoms with Gasteiger partial charge in [-0.3, -0.25) is 5.10 Å². The summed E-state index contributed by atoms with van der Waals surface area (Å²) >= 11 is 0. The van der Waals surface area contributed by atoms with Crippen molar-refractivity contribution < 1.29 is 0 Å². The van der Waals surface area contributed by atoms with Crippen molar-refractivity contribution in [2.75, 3.05) is 0 Å². The van der Waals surface area contributed by atoms with E-state index in [1.807, 2.05) is 0 Å². The lowest BCUT2D eigenvalue weighted by Gasteiger charge is -1.82. The summed E-state index contributed by atoms with van der Waals surface area (Å²) in [7, 11) is 0. The van der Waals surface area contributed by atoms with Gasteiger partial charge < -0.3 is 0 Å². The first-order chi connectivity index (χ1) is 4.43. The van der Waals surface area contributed by atoms with Gasteiger partial charge in [-0.05, 0) is 12.0 Å². The Balaban J connectivity index is 2.41. The smallest absolute Gasteiger partial charge is 0.0625 e. The van der Waals surface area contributed by atoms with E-state index < -0.39 is 0 Å². The quantitative estimate of drug-likeness (QED) is 0.631. The van der Waals surface area contributed by atoms with E-state index >= 15 is 0 Å². The summed E-state index contributed by atoms with van der Waals surface area (Å²) in [6.07, 6.45) is 4.90. The van der Waals surface area contributed by atoms with Crippen LogP contribution in [0.4, 0.5) is 0 Å². The van der Waals surface area contributed by atoms with E-state index in [0.29, 0.717) is 6.42 Å². The van der Waals surface area contributed by atoms with Crippen LogP contribution in [0.15, 0.2) is 12.4 Å². The van der Waals surface area contributed by atoms with Crippen LogP contribution in [0.2, 0.25) is 0 Å². The van der Waals surface area contributed by atoms with Gasteiger partial charge in [-0.25, -0.2) is 0 Å². The molecule has 0 aliphatic rings. The summed E-state index contributed by atoms with van der Waals surface area (Å²) in [5.74, 6) is 0. The summed E-state index contributed by atoms with van der Waals surface area (Å²) in [4.78, 5) is 0. The predicted octanol–water partition coefficient (Wildman–Crippen LogP) is 0.866. The van der Waals surface area contributed by atoms with Crippen LogP contribution in [0.25, 0.3) is 0 Å². The maximum Gasteiger partial charge on any atom is 0.0625 e. The SMILES string of the molecule is N#CCCc1cn[nH]c1. The molecule has 1 N–H and O–H groups in total. The predicted molar refractivity (Wildman–Crippen MR) is 32.5 cm³/mol. The Hall–Kier alpha value is -1.30. The first-order valence-corrected chi connectivity index (χ1v) is 2.78. The molecule has 3 heteroatoms. The molecule has 3 nitrogen and oxygen atoms in total. The van der Waals surface area contributed by atoms with Gasteiger partial charge in [-0.1, -0.05) is 0 Å². The van der Waals surface area contributed by atoms with E-state index in [9.17, 15) is 0 Å². The maximum atomic E-state index is 8.18. The Labute approximate surface area is 53.3 Å². The van der Waals surface area contributed by atoms with Gasteiger partial charge >= 0.3 is 0 Å². The van der Waals surface area contributed by atoms with Crippen molar-refractivity contribution in [1.82, 2.24) is 10.2 Å². The molecule has 0 amide bonds. The minimum Gasteiger partial charge on any atom is -0.285 e. The van der Waals surface area contributed by atoms with E-state index in [0.717, 1.165) is 12.0 Å². The van der Waals surface area contributed by atoms with Gasteiger partial charge in [0.1, 0.15) is 0 Å². The molecule has 1 heterocycles. The highest BCUT2D eigenvalue weighted by molar-refractivity contribution is 5.03. The Morgan fingerprint density at radius 1 is 1.78 bits per heavy atom. The zero-order valence-electron chi connectivity index (χ0n) is 4.96. The van der Waals surface area contributed by atoms with E-state index in [4.69, 9.17) is 5.26 Å². The van der Waals surface area contributed by atoms with E-state index in [2.05, 4.69) is 16.3 Å². The molecule has 0 aliphatic carbocycles. The minimum atomic E-state index is 0.569. The highest BCUT2D eigenvalue weighted by Gasteiger charge is 1.89. The van der Waals surface area contributed by atoms with Crippen molar-refractivity contribution in [2.24, 2.45) is 0 Å². The van der Waals surface area contributed by atoms with Crippen molar-refractivity contribution >= 4 is 0 Å². The van der Waals surface area contributed by atoms with Crippen molar-refractivity contribution in [3.63, 3.8) is 0 Å². The Morgan fingerprint density at radius 3 is 3.22 bits per heavy atom. The number of rotatable bonds is 2. The number of nitriles is 1. The molecule has 1 rings (SSSR count). The Bertz CT molecular complexity index is 195. The number of aryl methyl sites for hydroxylation is 1. The van der Waals surface area contributed by atoms with Gasteiger partial charge in [0.15, 0.2) is 0 Å². The molecule has 1 aromatic rings. The monoisotopic (exact) mass is 121 g/mol. The number of hydrogen-bond acceptors (Lipinski definition) is 2. The number of H-pyrrole nitrogens is 1. The third kappa shape index (κ3) is 1.57. The summed E-state index contributed by atoms with van der Waals surface area (Å²) < 4.78 is 0. The largest absolute Gasteiger partial charge is 0.285 e. The number of aromatic nitrogens is 2. The van der Waals surface area contributed by atoms with Crippen LogP contribution in [0.3, 0.4) is 0 Å². The molecule has 0 saturated heterocycles. The summed E-state index contributed by atoms with van der Waals surface area (Å²) in [6, 6.07) is 2.06. The minimum absolute atomic E-state index is 0.569. The fraction of sp³-hybridized carbons (Fsp3) is 0.333. The fourth-order valence-corrected chi connectivity index (χ4v) is 0.615. The first kappa shape index (κ1) is 5.83. The van der Waals surface area contributed by atoms with Gasteiger partial charge in [-0.2, -0.15) is 10.4 Å². The highest BCUT2D eigenvalue weighted by Crippen LogP contribution is 1.96. The average molecular weight is 121 g/mol. The second kappa shape index (κ2) is 2.88. The van der Waals surface area contributed by atoms with Crippen molar-refractivity contribution in [1.29, 1.82) is 5.26 Å². The zero-order chi connectivity index (χ0) is 6.53. The molecule has 0 spiro atoms. The molecule has 9 heavy (non-hydrogen) atoms. The molecule has 1 aromatic heterocycles. The lowest BCUT2D eigenvalue weighted by Crippen LogP contribution is -1.76. The second-order valence-corrected chi connectivity index (χ2v) is 1.76. The van der Waals surface area contributed by atoms with Gasteiger partial charge in [0.05, 0.1) is 12.3 Å². The maximum absolute atomic E-state index is 8.18. The molecule has 0 bridgehead atoms. The molecule has 0 saturated carbocycles. The van der Waals surface area contributed by atoms with Crippen LogP contribution in [-0.4, -0.2) is 10.2 Å². The molecule has 0 atom stereocenters. The fourth-order valence-electron chi connectivity index (χ4n) is 0.615. The van der Waals surface area contributed by atoms with E-state index in [1.54, 1.807) is 12.4 Å². The van der Waals surface area contributed by atoms with Crippen LogP contribution >= 0.6 is 0 Å². The third-order valence-electron chi connectivity index (χ3n) is 1.08. The highest BCUT2D eigenvalue weighted by atomic mass is 15.1. The van der Waals surface area contributed by atoms with Gasteiger partial charge in [0.2, 0.25) is 0 Å². The molecule has 0 aromatic carbocycles. The standard InChI is InChI=1S/C6H7N3/c7-3-1-2-6-4-8-9-5-6/h4-5H,1-2H2,(H,8,9). The van der Waals surface area contributed by atoms with E-state index in [-0.39, 0.29) is 0 Å². The van der Waals surface area contributed by atoms with Crippen LogP contribution < -0.4 is 0 Å². The van der Waals surface area contributed by atoms with Crippen molar-refractivity contribution in [2.45, 2.75) is 12.8 Å². The third-order valence-corrected chi connectivity index (χ3v) is 1.08. The number of nitrogens with zero attached hydrogens (tertiary/aromatic N) is 2. The molecule has 0 aliphatic heterocycles. The molecular formula is C6H7N3. The van der Waals surface area contributed by atoms with Crippen LogP contribution in [0, 0.1) is 11.3 Å². The van der Waals surface area contributed by atoms with Gasteiger partial charge in [-0.15, -0.1) is 0 Å². The van der Waals surface area contributed by atoms with Gasteiger partial charge in [0, 0.05) is 12.6 Å². The Kier molecular flexibility index (Phi) is 1.86. The molecular weight excluding hydrogens is 114 g/mol. The van der Waals surface area contributed by atoms with Crippen LogP contribution in [0.1, 0.15) is 12.0 Å². The zero-order valence-corrected chi connectivity index (χ0v) is 4.96. The normalized spacial score (nSPS) is 8.78. The molecule has 0 radical (unpaired) electrons. The van der Waals surface area contributed by atoms with Gasteiger partial charge in [0.25, 0.3) is 0 Å². The van der Waals surface area contributed by atoms with Crippen molar-refractivity contribution in [3.8, 4) is 6.07 Å². The van der Waals surface area contributed by atoms with Crippen molar-refractivity contribution in [3.05, 3.63) is 18.0 Å². The number of hydrogen-bond donors (Lipinski definition) is 1. The molecule has 0 fully saturated rings. The summed E-state index contributed by atoms with van der Waals surface area (Å²) in [5.41, 5.74) is 1.09. The molecule has 0 unspecified atom stereocenters. The van der Waals surface area contributed by atoms with E-state index in [1.165, 1.54) is 0 Å². The van der Waals surface area contributed by atoms with Crippen LogP contribution in [-0.2, 0) is 6.42 Å². The summed E-state index contributed by atoms with van der Waals surface area (Å²) in [6.45, 7) is 0. The average Bonchev–Trinajstić information content (AvgIpc) is 2.34. The first-order valence-electron chi connectivity index (χ1n) is 2.78.